The van der Waals surface area contributed by atoms with Gasteiger partial charge in [0.05, 0.1) is 37.7 Å². The summed E-state index contributed by atoms with van der Waals surface area (Å²) in [5, 5.41) is 8.73. The Balaban J connectivity index is 1.41. The molecule has 1 aromatic carbocycles. The van der Waals surface area contributed by atoms with Crippen LogP contribution in [0.15, 0.2) is 48.7 Å². The zero-order valence-corrected chi connectivity index (χ0v) is 18.2. The number of rotatable bonds is 5. The molecule has 3 aromatic rings. The molecule has 0 radical (unpaired) electrons. The Morgan fingerprint density at radius 1 is 0.939 bits per heavy atom. The molecule has 1 amide bonds. The maximum atomic E-state index is 12.7. The van der Waals surface area contributed by atoms with Crippen LogP contribution in [-0.4, -0.2) is 88.2 Å². The Morgan fingerprint density at radius 2 is 1.64 bits per heavy atom. The summed E-state index contributed by atoms with van der Waals surface area (Å²) in [5.74, 6) is 1.07. The van der Waals surface area contributed by atoms with E-state index in [1.54, 1.807) is 23.2 Å². The third-order valence-electron chi connectivity index (χ3n) is 5.59. The Labute approximate surface area is 191 Å². The molecule has 0 spiro atoms. The van der Waals surface area contributed by atoms with Gasteiger partial charge in [-0.1, -0.05) is 18.2 Å². The van der Waals surface area contributed by atoms with Crippen molar-refractivity contribution >= 4 is 23.5 Å². The van der Waals surface area contributed by atoms with Crippen LogP contribution in [0.25, 0.3) is 5.82 Å². The summed E-state index contributed by atoms with van der Waals surface area (Å²) >= 11 is 0. The van der Waals surface area contributed by atoms with Gasteiger partial charge in [0.15, 0.2) is 5.82 Å². The van der Waals surface area contributed by atoms with Gasteiger partial charge >= 0.3 is 0 Å². The van der Waals surface area contributed by atoms with Gasteiger partial charge in [-0.05, 0) is 24.3 Å². The van der Waals surface area contributed by atoms with E-state index in [1.165, 1.54) is 4.68 Å². The van der Waals surface area contributed by atoms with Crippen LogP contribution in [0.1, 0.15) is 10.4 Å². The second-order valence-electron chi connectivity index (χ2n) is 7.70. The fourth-order valence-electron chi connectivity index (χ4n) is 3.89. The summed E-state index contributed by atoms with van der Waals surface area (Å²) in [4.78, 5) is 23.4. The van der Waals surface area contributed by atoms with E-state index < -0.39 is 0 Å². The van der Waals surface area contributed by atoms with Crippen LogP contribution in [0.4, 0.5) is 17.6 Å². The molecular formula is C22H26N8O3. The summed E-state index contributed by atoms with van der Waals surface area (Å²) < 4.78 is 12.3. The number of ether oxygens (including phenoxy) is 2. The summed E-state index contributed by atoms with van der Waals surface area (Å²) in [6.45, 7) is 4.93. The van der Waals surface area contributed by atoms with Crippen LogP contribution in [0, 0.1) is 0 Å². The van der Waals surface area contributed by atoms with Crippen LogP contribution >= 0.6 is 0 Å². The monoisotopic (exact) mass is 450 g/mol. The van der Waals surface area contributed by atoms with Crippen molar-refractivity contribution in [2.45, 2.75) is 0 Å². The number of pyridine rings is 1. The van der Waals surface area contributed by atoms with Crippen molar-refractivity contribution in [2.24, 2.45) is 0 Å². The molecule has 5 rings (SSSR count). The third-order valence-corrected chi connectivity index (χ3v) is 5.59. The molecule has 4 heterocycles. The minimum Gasteiger partial charge on any atom is -0.379 e. The quantitative estimate of drug-likeness (QED) is 0.610. The highest BCUT2D eigenvalue weighted by atomic mass is 16.5. The number of nitrogen functional groups attached to an aromatic ring is 1. The molecule has 0 atom stereocenters. The Morgan fingerprint density at radius 3 is 2.30 bits per heavy atom. The zero-order valence-electron chi connectivity index (χ0n) is 18.2. The largest absolute Gasteiger partial charge is 0.379 e. The van der Waals surface area contributed by atoms with E-state index in [0.29, 0.717) is 69.9 Å². The predicted octanol–water partition coefficient (Wildman–Crippen LogP) is 1.10. The minimum atomic E-state index is -0.0628. The van der Waals surface area contributed by atoms with Crippen LogP contribution in [0.5, 0.6) is 0 Å². The maximum Gasteiger partial charge on any atom is 0.266 e. The molecule has 2 N–H and O–H groups in total. The van der Waals surface area contributed by atoms with Crippen LogP contribution in [0.3, 0.4) is 0 Å². The second kappa shape index (κ2) is 9.53. The molecule has 2 fully saturated rings. The van der Waals surface area contributed by atoms with Gasteiger partial charge in [0.25, 0.3) is 11.9 Å². The highest BCUT2D eigenvalue weighted by Gasteiger charge is 2.26. The van der Waals surface area contributed by atoms with Crippen LogP contribution < -0.4 is 10.7 Å². The van der Waals surface area contributed by atoms with Crippen molar-refractivity contribution in [3.63, 3.8) is 0 Å². The lowest BCUT2D eigenvalue weighted by Crippen LogP contribution is -2.47. The molecule has 0 unspecified atom stereocenters. The fraction of sp³-hybridized carbons (Fsp3) is 0.364. The lowest BCUT2D eigenvalue weighted by atomic mass is 10.2. The number of anilines is 3. The fourth-order valence-corrected chi connectivity index (χ4v) is 3.89. The van der Waals surface area contributed by atoms with Crippen molar-refractivity contribution in [1.29, 1.82) is 0 Å². The lowest BCUT2D eigenvalue weighted by molar-refractivity contribution is 0.0302. The van der Waals surface area contributed by atoms with E-state index in [1.807, 2.05) is 35.3 Å². The van der Waals surface area contributed by atoms with Gasteiger partial charge in [-0.15, -0.1) is 5.10 Å². The van der Waals surface area contributed by atoms with E-state index in [0.717, 1.165) is 5.69 Å². The summed E-state index contributed by atoms with van der Waals surface area (Å²) in [5.41, 5.74) is 7.66. The topological polar surface area (TPSA) is 115 Å². The minimum absolute atomic E-state index is 0.0628. The van der Waals surface area contributed by atoms with Gasteiger partial charge in [0.1, 0.15) is 0 Å². The SMILES string of the molecule is Nc1nc(N(c2ccccc2)N2CCOCC2)nn1-c1ccc(C(=O)N2CCOCC2)cn1. The number of para-hydroxylation sites is 1. The number of nitrogens with two attached hydrogens (primary N) is 1. The first-order valence-corrected chi connectivity index (χ1v) is 10.9. The maximum absolute atomic E-state index is 12.7. The first-order valence-electron chi connectivity index (χ1n) is 10.9. The van der Waals surface area contributed by atoms with Crippen molar-refractivity contribution in [1.82, 2.24) is 29.7 Å². The molecular weight excluding hydrogens is 424 g/mol. The first kappa shape index (κ1) is 21.3. The van der Waals surface area contributed by atoms with E-state index in [2.05, 4.69) is 20.1 Å². The zero-order chi connectivity index (χ0) is 22.6. The second-order valence-corrected chi connectivity index (χ2v) is 7.70. The number of amides is 1. The number of hydrogen-bond acceptors (Lipinski definition) is 9. The van der Waals surface area contributed by atoms with Gasteiger partial charge in [-0.25, -0.2) is 15.0 Å². The summed E-state index contributed by atoms with van der Waals surface area (Å²) in [6, 6.07) is 13.4. The normalized spacial score (nSPS) is 17.2. The van der Waals surface area contributed by atoms with Crippen molar-refractivity contribution in [3.05, 3.63) is 54.2 Å². The summed E-state index contributed by atoms with van der Waals surface area (Å²) in [7, 11) is 0. The smallest absolute Gasteiger partial charge is 0.266 e. The highest BCUT2D eigenvalue weighted by Crippen LogP contribution is 2.26. The number of hydrazine groups is 1. The number of morpholine rings is 2. The molecule has 2 aliphatic rings. The van der Waals surface area contributed by atoms with E-state index in [4.69, 9.17) is 15.2 Å². The summed E-state index contributed by atoms with van der Waals surface area (Å²) in [6.07, 6.45) is 1.55. The number of carbonyl (C=O) groups excluding carboxylic acids is 1. The number of aromatic nitrogens is 4. The number of hydrogen-bond donors (Lipinski definition) is 1. The van der Waals surface area contributed by atoms with E-state index in [-0.39, 0.29) is 11.9 Å². The number of nitrogens with zero attached hydrogens (tertiary/aromatic N) is 7. The van der Waals surface area contributed by atoms with E-state index in [9.17, 15) is 4.79 Å². The molecule has 11 nitrogen and oxygen atoms in total. The Kier molecular flexibility index (Phi) is 6.15. The first-order chi connectivity index (χ1) is 16.2. The average molecular weight is 451 g/mol. The van der Waals surface area contributed by atoms with Gasteiger partial charge in [0.2, 0.25) is 5.95 Å². The highest BCUT2D eigenvalue weighted by molar-refractivity contribution is 5.94. The molecule has 172 valence electrons. The van der Waals surface area contributed by atoms with Crippen molar-refractivity contribution in [3.8, 4) is 5.82 Å². The lowest BCUT2D eigenvalue weighted by Gasteiger charge is -2.36. The van der Waals surface area contributed by atoms with Crippen LogP contribution in [-0.2, 0) is 9.47 Å². The Hall–Kier alpha value is -3.54. The number of benzene rings is 1. The van der Waals surface area contributed by atoms with E-state index >= 15 is 0 Å². The molecule has 0 saturated carbocycles. The molecule has 2 saturated heterocycles. The third kappa shape index (κ3) is 4.51. The van der Waals surface area contributed by atoms with Crippen LogP contribution in [0.2, 0.25) is 0 Å². The number of carbonyl (C=O) groups is 1. The average Bonchev–Trinajstić information content (AvgIpc) is 3.26. The molecule has 33 heavy (non-hydrogen) atoms. The van der Waals surface area contributed by atoms with Gasteiger partial charge in [-0.2, -0.15) is 9.67 Å². The van der Waals surface area contributed by atoms with Crippen molar-refractivity contribution in [2.75, 3.05) is 63.3 Å². The van der Waals surface area contributed by atoms with Gasteiger partial charge in [-0.3, -0.25) is 4.79 Å². The van der Waals surface area contributed by atoms with Gasteiger partial charge < -0.3 is 20.1 Å². The molecule has 2 aromatic heterocycles. The molecule has 2 aliphatic heterocycles. The predicted molar refractivity (Wildman–Crippen MR) is 121 cm³/mol. The molecule has 11 heteroatoms. The van der Waals surface area contributed by atoms with Crippen molar-refractivity contribution < 1.29 is 14.3 Å². The van der Waals surface area contributed by atoms with Gasteiger partial charge in [0, 0.05) is 32.4 Å². The Bertz CT molecular complexity index is 1080. The molecule has 0 bridgehead atoms. The molecule has 0 aliphatic carbocycles. The standard InChI is InChI=1S/C22H26N8O3/c23-21-25-22(30(18-4-2-1-3-5-18)28-10-14-33-15-11-28)26-29(21)19-7-6-17(16-24-19)20(31)27-8-12-32-13-9-27/h1-7,16H,8-15H2,(H2,23,25,26).